The third-order valence-corrected chi connectivity index (χ3v) is 3.63. The summed E-state index contributed by atoms with van der Waals surface area (Å²) in [4.78, 5) is 2.24. The normalized spacial score (nSPS) is 11.0. The zero-order valence-electron chi connectivity index (χ0n) is 9.69. The van der Waals surface area contributed by atoms with Crippen molar-refractivity contribution in [2.75, 3.05) is 12.8 Å². The smallest absolute Gasteiger partial charge is 0.0471 e. The van der Waals surface area contributed by atoms with E-state index in [1.165, 1.54) is 5.56 Å². The van der Waals surface area contributed by atoms with E-state index in [1.54, 1.807) is 17.4 Å². The van der Waals surface area contributed by atoms with Gasteiger partial charge in [-0.2, -0.15) is 11.3 Å². The van der Waals surface area contributed by atoms with Gasteiger partial charge in [0, 0.05) is 23.8 Å². The van der Waals surface area contributed by atoms with Crippen LogP contribution in [0.3, 0.4) is 0 Å². The topological polar surface area (TPSA) is 29.3 Å². The Labute approximate surface area is 111 Å². The fraction of sp³-hybridized carbons (Fsp3) is 0.231. The van der Waals surface area contributed by atoms with Crippen LogP contribution in [-0.2, 0) is 13.1 Å². The van der Waals surface area contributed by atoms with Crippen molar-refractivity contribution in [1.82, 2.24) is 4.90 Å². The number of nitrogens with zero attached hydrogens (tertiary/aromatic N) is 1. The van der Waals surface area contributed by atoms with Gasteiger partial charge in [-0.25, -0.2) is 0 Å². The van der Waals surface area contributed by atoms with Crippen LogP contribution in [-0.4, -0.2) is 11.9 Å². The molecule has 0 saturated heterocycles. The molecule has 90 valence electrons. The molecule has 0 aliphatic rings. The highest BCUT2D eigenvalue weighted by Crippen LogP contribution is 2.21. The first-order chi connectivity index (χ1) is 8.15. The van der Waals surface area contributed by atoms with Crippen LogP contribution in [0, 0.1) is 0 Å². The molecule has 1 aromatic heterocycles. The average Bonchev–Trinajstić information content (AvgIpc) is 2.75. The standard InChI is InChI=1S/C13H15ClN2S/c1-16(7-10-4-5-17-9-10)8-11-2-3-12(15)6-13(11)14/h2-6,9H,7-8,15H2,1H3. The number of thiophene rings is 1. The first-order valence-electron chi connectivity index (χ1n) is 5.38. The maximum Gasteiger partial charge on any atom is 0.0471 e. The van der Waals surface area contributed by atoms with E-state index in [9.17, 15) is 0 Å². The van der Waals surface area contributed by atoms with E-state index in [2.05, 4.69) is 28.8 Å². The van der Waals surface area contributed by atoms with Crippen molar-refractivity contribution in [3.05, 3.63) is 51.2 Å². The van der Waals surface area contributed by atoms with Crippen LogP contribution in [0.1, 0.15) is 11.1 Å². The number of hydrogen-bond acceptors (Lipinski definition) is 3. The first-order valence-corrected chi connectivity index (χ1v) is 6.71. The molecule has 0 saturated carbocycles. The maximum atomic E-state index is 6.15. The highest BCUT2D eigenvalue weighted by Gasteiger charge is 2.05. The van der Waals surface area contributed by atoms with E-state index in [0.717, 1.165) is 23.7 Å². The molecule has 0 unspecified atom stereocenters. The summed E-state index contributed by atoms with van der Waals surface area (Å²) in [5.41, 5.74) is 8.83. The lowest BCUT2D eigenvalue weighted by molar-refractivity contribution is 0.319. The van der Waals surface area contributed by atoms with Crippen LogP contribution in [0.4, 0.5) is 5.69 Å². The maximum absolute atomic E-state index is 6.15. The van der Waals surface area contributed by atoms with Gasteiger partial charge in [-0.1, -0.05) is 17.7 Å². The zero-order valence-corrected chi connectivity index (χ0v) is 11.3. The minimum atomic E-state index is 0.708. The lowest BCUT2D eigenvalue weighted by Crippen LogP contribution is -2.17. The highest BCUT2D eigenvalue weighted by molar-refractivity contribution is 7.07. The fourth-order valence-corrected chi connectivity index (χ4v) is 2.64. The third kappa shape index (κ3) is 3.46. The molecule has 0 aliphatic heterocycles. The van der Waals surface area contributed by atoms with E-state index in [0.29, 0.717) is 5.69 Å². The number of rotatable bonds is 4. The van der Waals surface area contributed by atoms with Crippen LogP contribution >= 0.6 is 22.9 Å². The predicted octanol–water partition coefficient (Wildman–Crippen LogP) is 3.62. The minimum Gasteiger partial charge on any atom is -0.399 e. The van der Waals surface area contributed by atoms with Crippen LogP contribution in [0.5, 0.6) is 0 Å². The predicted molar refractivity (Wildman–Crippen MR) is 75.4 cm³/mol. The van der Waals surface area contributed by atoms with Crippen LogP contribution in [0.25, 0.3) is 0 Å². The summed E-state index contributed by atoms with van der Waals surface area (Å²) in [6.07, 6.45) is 0. The summed E-state index contributed by atoms with van der Waals surface area (Å²) in [6, 6.07) is 7.82. The molecule has 0 aliphatic carbocycles. The summed E-state index contributed by atoms with van der Waals surface area (Å²) < 4.78 is 0. The largest absolute Gasteiger partial charge is 0.399 e. The molecule has 0 radical (unpaired) electrons. The van der Waals surface area contributed by atoms with Gasteiger partial charge in [0.1, 0.15) is 0 Å². The highest BCUT2D eigenvalue weighted by atomic mass is 35.5. The summed E-state index contributed by atoms with van der Waals surface area (Å²) >= 11 is 7.87. The SMILES string of the molecule is CN(Cc1ccsc1)Cc1ccc(N)cc1Cl. The Kier molecular flexibility index (Phi) is 4.05. The Bertz CT molecular complexity index is 482. The van der Waals surface area contributed by atoms with E-state index < -0.39 is 0 Å². The van der Waals surface area contributed by atoms with Gasteiger partial charge in [0.15, 0.2) is 0 Å². The van der Waals surface area contributed by atoms with Gasteiger partial charge in [0.25, 0.3) is 0 Å². The van der Waals surface area contributed by atoms with Gasteiger partial charge >= 0.3 is 0 Å². The molecule has 0 atom stereocenters. The Morgan fingerprint density at radius 2 is 2.12 bits per heavy atom. The molecular formula is C13H15ClN2S. The summed E-state index contributed by atoms with van der Waals surface area (Å²) in [7, 11) is 2.09. The number of halogens is 1. The molecule has 1 heterocycles. The molecule has 2 nitrogen and oxygen atoms in total. The van der Waals surface area contributed by atoms with Gasteiger partial charge in [-0.15, -0.1) is 0 Å². The second-order valence-electron chi connectivity index (χ2n) is 4.15. The molecule has 17 heavy (non-hydrogen) atoms. The second kappa shape index (κ2) is 5.54. The van der Waals surface area contributed by atoms with E-state index in [1.807, 2.05) is 12.1 Å². The fourth-order valence-electron chi connectivity index (χ4n) is 1.73. The van der Waals surface area contributed by atoms with Gasteiger partial charge in [-0.05, 0) is 47.1 Å². The Balaban J connectivity index is 2.00. The number of nitrogen functional groups attached to an aromatic ring is 1. The first kappa shape index (κ1) is 12.4. The van der Waals surface area contributed by atoms with E-state index in [-0.39, 0.29) is 0 Å². The van der Waals surface area contributed by atoms with Gasteiger partial charge in [-0.3, -0.25) is 4.90 Å². The van der Waals surface area contributed by atoms with Crippen molar-refractivity contribution in [3.8, 4) is 0 Å². The van der Waals surface area contributed by atoms with E-state index in [4.69, 9.17) is 17.3 Å². The number of hydrogen-bond donors (Lipinski definition) is 1. The summed E-state index contributed by atoms with van der Waals surface area (Å²) in [5, 5.41) is 5.00. The number of benzene rings is 1. The molecule has 1 aromatic carbocycles. The van der Waals surface area contributed by atoms with Crippen LogP contribution < -0.4 is 5.73 Å². The lowest BCUT2D eigenvalue weighted by atomic mass is 10.2. The lowest BCUT2D eigenvalue weighted by Gasteiger charge is -2.17. The Morgan fingerprint density at radius 3 is 2.76 bits per heavy atom. The van der Waals surface area contributed by atoms with Crippen molar-refractivity contribution < 1.29 is 0 Å². The summed E-state index contributed by atoms with van der Waals surface area (Å²) in [5.74, 6) is 0. The van der Waals surface area contributed by atoms with Crippen LogP contribution in [0.15, 0.2) is 35.0 Å². The van der Waals surface area contributed by atoms with Crippen molar-refractivity contribution in [2.45, 2.75) is 13.1 Å². The summed E-state index contributed by atoms with van der Waals surface area (Å²) in [6.45, 7) is 1.76. The molecule has 2 rings (SSSR count). The van der Waals surface area contributed by atoms with Crippen molar-refractivity contribution >= 4 is 28.6 Å². The quantitative estimate of drug-likeness (QED) is 0.857. The molecule has 2 N–H and O–H groups in total. The molecule has 0 spiro atoms. The van der Waals surface area contributed by atoms with Crippen molar-refractivity contribution in [3.63, 3.8) is 0 Å². The van der Waals surface area contributed by atoms with Gasteiger partial charge in [0.05, 0.1) is 0 Å². The third-order valence-electron chi connectivity index (χ3n) is 2.55. The van der Waals surface area contributed by atoms with Crippen LogP contribution in [0.2, 0.25) is 5.02 Å². The second-order valence-corrected chi connectivity index (χ2v) is 5.34. The molecule has 0 fully saturated rings. The Hall–Kier alpha value is -1.03. The molecule has 2 aromatic rings. The van der Waals surface area contributed by atoms with Gasteiger partial charge < -0.3 is 5.73 Å². The van der Waals surface area contributed by atoms with Gasteiger partial charge in [0.2, 0.25) is 0 Å². The molecule has 0 bridgehead atoms. The van der Waals surface area contributed by atoms with Crippen molar-refractivity contribution in [2.24, 2.45) is 0 Å². The van der Waals surface area contributed by atoms with E-state index >= 15 is 0 Å². The minimum absolute atomic E-state index is 0.708. The number of anilines is 1. The number of nitrogens with two attached hydrogens (primary N) is 1. The Morgan fingerprint density at radius 1 is 1.29 bits per heavy atom. The average molecular weight is 267 g/mol. The monoisotopic (exact) mass is 266 g/mol. The molecule has 4 heteroatoms. The molecule has 0 amide bonds. The van der Waals surface area contributed by atoms with Crippen molar-refractivity contribution in [1.29, 1.82) is 0 Å². The molecular weight excluding hydrogens is 252 g/mol. The zero-order chi connectivity index (χ0) is 12.3.